The molecule has 2 nitrogen and oxygen atoms in total. The Labute approximate surface area is 117 Å². The van der Waals surface area contributed by atoms with Crippen molar-refractivity contribution in [3.05, 3.63) is 59.4 Å². The molecule has 0 fully saturated rings. The maximum absolute atomic E-state index is 13.8. The van der Waals surface area contributed by atoms with Gasteiger partial charge >= 0.3 is 0 Å². The number of hydrogen-bond donors (Lipinski definition) is 0. The maximum Gasteiger partial charge on any atom is 0.155 e. The SMILES string of the molecule is O=Cc1c(F)cccc1N1CCCCc2ccccc21. The van der Waals surface area contributed by atoms with Crippen LogP contribution in [-0.2, 0) is 6.42 Å². The molecule has 0 spiro atoms. The molecule has 2 aromatic rings. The van der Waals surface area contributed by atoms with Crippen molar-refractivity contribution in [2.45, 2.75) is 19.3 Å². The van der Waals surface area contributed by atoms with E-state index >= 15 is 0 Å². The third kappa shape index (κ3) is 2.20. The second-order valence-electron chi connectivity index (χ2n) is 5.03. The van der Waals surface area contributed by atoms with Crippen LogP contribution >= 0.6 is 0 Å². The fraction of sp³-hybridized carbons (Fsp3) is 0.235. The van der Waals surface area contributed by atoms with Crippen molar-refractivity contribution in [3.63, 3.8) is 0 Å². The predicted molar refractivity (Wildman–Crippen MR) is 78.2 cm³/mol. The largest absolute Gasteiger partial charge is 0.341 e. The van der Waals surface area contributed by atoms with Crippen LogP contribution in [0.15, 0.2) is 42.5 Å². The lowest BCUT2D eigenvalue weighted by Crippen LogP contribution is -2.19. The first kappa shape index (κ1) is 12.9. The van der Waals surface area contributed by atoms with E-state index in [0.717, 1.165) is 31.5 Å². The van der Waals surface area contributed by atoms with Crippen molar-refractivity contribution in [2.24, 2.45) is 0 Å². The highest BCUT2D eigenvalue weighted by Crippen LogP contribution is 2.34. The number of aryl methyl sites for hydroxylation is 1. The van der Waals surface area contributed by atoms with Crippen LogP contribution in [-0.4, -0.2) is 12.8 Å². The van der Waals surface area contributed by atoms with Crippen LogP contribution in [0, 0.1) is 5.82 Å². The van der Waals surface area contributed by atoms with E-state index in [4.69, 9.17) is 0 Å². The van der Waals surface area contributed by atoms with Crippen LogP contribution in [0.5, 0.6) is 0 Å². The first-order valence-electron chi connectivity index (χ1n) is 6.90. The summed E-state index contributed by atoms with van der Waals surface area (Å²) in [5, 5.41) is 0. The Morgan fingerprint density at radius 2 is 1.80 bits per heavy atom. The van der Waals surface area contributed by atoms with Gasteiger partial charge < -0.3 is 4.90 Å². The third-order valence-corrected chi connectivity index (χ3v) is 3.80. The lowest BCUT2D eigenvalue weighted by molar-refractivity contribution is 0.112. The Bertz CT molecular complexity index is 639. The van der Waals surface area contributed by atoms with Gasteiger partial charge in [-0.3, -0.25) is 4.79 Å². The molecule has 1 aliphatic heterocycles. The van der Waals surface area contributed by atoms with Gasteiger partial charge in [-0.05, 0) is 43.0 Å². The average molecular weight is 269 g/mol. The number of benzene rings is 2. The van der Waals surface area contributed by atoms with Gasteiger partial charge in [0.1, 0.15) is 5.82 Å². The Morgan fingerprint density at radius 3 is 2.65 bits per heavy atom. The number of carbonyl (C=O) groups excluding carboxylic acids is 1. The van der Waals surface area contributed by atoms with E-state index in [1.165, 1.54) is 11.6 Å². The minimum absolute atomic E-state index is 0.143. The Balaban J connectivity index is 2.15. The molecule has 0 radical (unpaired) electrons. The number of aldehydes is 1. The zero-order chi connectivity index (χ0) is 13.9. The Hall–Kier alpha value is -2.16. The van der Waals surface area contributed by atoms with Gasteiger partial charge in [-0.25, -0.2) is 4.39 Å². The van der Waals surface area contributed by atoms with E-state index in [2.05, 4.69) is 11.0 Å². The first-order valence-corrected chi connectivity index (χ1v) is 6.90. The summed E-state index contributed by atoms with van der Waals surface area (Å²) in [7, 11) is 0. The molecule has 0 unspecified atom stereocenters. The van der Waals surface area contributed by atoms with Crippen LogP contribution in [0.25, 0.3) is 0 Å². The standard InChI is InChI=1S/C17H16FNO/c18-15-8-5-10-17(14(15)12-20)19-11-4-3-7-13-6-1-2-9-16(13)19/h1-2,5-6,8-10,12H,3-4,7,11H2. The number of halogens is 1. The molecule has 3 heteroatoms. The minimum Gasteiger partial charge on any atom is -0.341 e. The van der Waals surface area contributed by atoms with E-state index in [0.29, 0.717) is 12.0 Å². The zero-order valence-electron chi connectivity index (χ0n) is 11.2. The number of carbonyl (C=O) groups is 1. The van der Waals surface area contributed by atoms with E-state index in [1.807, 2.05) is 24.3 Å². The summed E-state index contributed by atoms with van der Waals surface area (Å²) in [6.07, 6.45) is 3.78. The number of para-hydroxylation sites is 1. The summed E-state index contributed by atoms with van der Waals surface area (Å²) >= 11 is 0. The lowest BCUT2D eigenvalue weighted by Gasteiger charge is -2.26. The Kier molecular flexibility index (Phi) is 3.50. The van der Waals surface area contributed by atoms with Crippen molar-refractivity contribution in [2.75, 3.05) is 11.4 Å². The molecule has 3 rings (SSSR count). The first-order chi connectivity index (χ1) is 9.81. The lowest BCUT2D eigenvalue weighted by atomic mass is 10.1. The van der Waals surface area contributed by atoms with E-state index in [-0.39, 0.29) is 5.56 Å². The van der Waals surface area contributed by atoms with Crippen LogP contribution < -0.4 is 4.90 Å². The molecule has 1 aliphatic rings. The van der Waals surface area contributed by atoms with Crippen LogP contribution in [0.4, 0.5) is 15.8 Å². The number of nitrogens with zero attached hydrogens (tertiary/aromatic N) is 1. The molecule has 0 atom stereocenters. The van der Waals surface area contributed by atoms with E-state index in [1.54, 1.807) is 6.07 Å². The summed E-state index contributed by atoms with van der Waals surface area (Å²) in [4.78, 5) is 13.3. The molecule has 0 bridgehead atoms. The van der Waals surface area contributed by atoms with Crippen LogP contribution in [0.2, 0.25) is 0 Å². The molecule has 0 amide bonds. The summed E-state index contributed by atoms with van der Waals surface area (Å²) in [5.74, 6) is -0.459. The highest BCUT2D eigenvalue weighted by Gasteiger charge is 2.20. The summed E-state index contributed by atoms with van der Waals surface area (Å²) in [6.45, 7) is 0.807. The maximum atomic E-state index is 13.8. The van der Waals surface area contributed by atoms with Gasteiger partial charge in [0.05, 0.1) is 11.3 Å². The monoisotopic (exact) mass is 269 g/mol. The summed E-state index contributed by atoms with van der Waals surface area (Å²) < 4.78 is 13.8. The van der Waals surface area contributed by atoms with Gasteiger partial charge in [-0.15, -0.1) is 0 Å². The Morgan fingerprint density at radius 1 is 1.00 bits per heavy atom. The van der Waals surface area contributed by atoms with Gasteiger partial charge in [0.25, 0.3) is 0 Å². The van der Waals surface area contributed by atoms with Crippen molar-refractivity contribution < 1.29 is 9.18 Å². The summed E-state index contributed by atoms with van der Waals surface area (Å²) in [6, 6.07) is 13.0. The fourth-order valence-electron chi connectivity index (χ4n) is 2.82. The minimum atomic E-state index is -0.459. The smallest absolute Gasteiger partial charge is 0.155 e. The second kappa shape index (κ2) is 5.45. The molecular weight excluding hydrogens is 253 g/mol. The van der Waals surface area contributed by atoms with Crippen LogP contribution in [0.3, 0.4) is 0 Å². The number of anilines is 2. The third-order valence-electron chi connectivity index (χ3n) is 3.80. The molecule has 0 saturated heterocycles. The van der Waals surface area contributed by atoms with E-state index < -0.39 is 5.82 Å². The number of fused-ring (bicyclic) bond motifs is 1. The zero-order valence-corrected chi connectivity index (χ0v) is 11.2. The quantitative estimate of drug-likeness (QED) is 0.765. The average Bonchev–Trinajstić information content (AvgIpc) is 2.69. The van der Waals surface area contributed by atoms with Gasteiger partial charge in [-0.1, -0.05) is 24.3 Å². The molecule has 0 aliphatic carbocycles. The van der Waals surface area contributed by atoms with Gasteiger partial charge in [-0.2, -0.15) is 0 Å². The molecule has 1 heterocycles. The molecular formula is C17H16FNO. The molecule has 102 valence electrons. The highest BCUT2D eigenvalue weighted by molar-refractivity contribution is 5.87. The summed E-state index contributed by atoms with van der Waals surface area (Å²) in [5.41, 5.74) is 3.14. The molecule has 0 aromatic heterocycles. The number of rotatable bonds is 2. The van der Waals surface area contributed by atoms with Crippen molar-refractivity contribution in [1.29, 1.82) is 0 Å². The topological polar surface area (TPSA) is 20.3 Å². The number of hydrogen-bond acceptors (Lipinski definition) is 2. The molecule has 0 saturated carbocycles. The van der Waals surface area contributed by atoms with Gasteiger partial charge in [0, 0.05) is 12.2 Å². The second-order valence-corrected chi connectivity index (χ2v) is 5.03. The normalized spacial score (nSPS) is 14.6. The van der Waals surface area contributed by atoms with Crippen molar-refractivity contribution in [3.8, 4) is 0 Å². The molecule has 0 N–H and O–H groups in total. The van der Waals surface area contributed by atoms with Gasteiger partial charge in [0.15, 0.2) is 6.29 Å². The van der Waals surface area contributed by atoms with Crippen molar-refractivity contribution in [1.82, 2.24) is 0 Å². The molecule has 2 aromatic carbocycles. The van der Waals surface area contributed by atoms with Crippen LogP contribution in [0.1, 0.15) is 28.8 Å². The van der Waals surface area contributed by atoms with Gasteiger partial charge in [0.2, 0.25) is 0 Å². The molecule has 20 heavy (non-hydrogen) atoms. The fourth-order valence-corrected chi connectivity index (χ4v) is 2.82. The predicted octanol–water partition coefficient (Wildman–Crippen LogP) is 4.11. The van der Waals surface area contributed by atoms with E-state index in [9.17, 15) is 9.18 Å². The highest BCUT2D eigenvalue weighted by atomic mass is 19.1. The van der Waals surface area contributed by atoms with Crippen molar-refractivity contribution >= 4 is 17.7 Å².